The van der Waals surface area contributed by atoms with E-state index in [-0.39, 0.29) is 0 Å². The molecule has 0 aromatic carbocycles. The van der Waals surface area contributed by atoms with E-state index in [9.17, 15) is 0 Å². The van der Waals surface area contributed by atoms with Crippen LogP contribution in [0.2, 0.25) is 0 Å². The summed E-state index contributed by atoms with van der Waals surface area (Å²) in [5.41, 5.74) is 3.30. The SMILES string of the molecule is Cc1cc(CN(C)Cc2coc(C(C)C)n2)ccn1. The molecule has 0 bridgehead atoms. The second-order valence-electron chi connectivity index (χ2n) is 5.31. The summed E-state index contributed by atoms with van der Waals surface area (Å²) in [6.07, 6.45) is 3.61. The van der Waals surface area contributed by atoms with Gasteiger partial charge in [0.15, 0.2) is 5.89 Å². The van der Waals surface area contributed by atoms with Crippen molar-refractivity contribution >= 4 is 0 Å². The molecule has 2 heterocycles. The highest BCUT2D eigenvalue weighted by Crippen LogP contribution is 2.14. The van der Waals surface area contributed by atoms with E-state index in [1.54, 1.807) is 6.26 Å². The van der Waals surface area contributed by atoms with Gasteiger partial charge in [-0.2, -0.15) is 0 Å². The molecule has 0 radical (unpaired) electrons. The lowest BCUT2D eigenvalue weighted by molar-refractivity contribution is 0.314. The zero-order valence-corrected chi connectivity index (χ0v) is 12.1. The molecule has 4 heteroatoms. The fourth-order valence-corrected chi connectivity index (χ4v) is 2.01. The van der Waals surface area contributed by atoms with Crippen LogP contribution in [0.1, 0.15) is 42.6 Å². The third-order valence-corrected chi connectivity index (χ3v) is 2.91. The highest BCUT2D eigenvalue weighted by Gasteiger charge is 2.09. The van der Waals surface area contributed by atoms with E-state index in [1.807, 2.05) is 19.2 Å². The van der Waals surface area contributed by atoms with E-state index in [0.717, 1.165) is 30.4 Å². The highest BCUT2D eigenvalue weighted by molar-refractivity contribution is 5.15. The minimum absolute atomic E-state index is 0.335. The number of aromatic nitrogens is 2. The highest BCUT2D eigenvalue weighted by atomic mass is 16.3. The molecule has 0 unspecified atom stereocenters. The van der Waals surface area contributed by atoms with Crippen molar-refractivity contribution in [3.05, 3.63) is 47.4 Å². The van der Waals surface area contributed by atoms with Crippen molar-refractivity contribution in [2.75, 3.05) is 7.05 Å². The molecule has 0 aliphatic heterocycles. The minimum Gasteiger partial charge on any atom is -0.448 e. The summed E-state index contributed by atoms with van der Waals surface area (Å²) in [6.45, 7) is 7.85. The molecule has 2 aromatic heterocycles. The lowest BCUT2D eigenvalue weighted by Crippen LogP contribution is -2.17. The molecule has 2 aromatic rings. The zero-order chi connectivity index (χ0) is 13.8. The molecular weight excluding hydrogens is 238 g/mol. The van der Waals surface area contributed by atoms with Gasteiger partial charge in [0.2, 0.25) is 0 Å². The predicted molar refractivity (Wildman–Crippen MR) is 74.7 cm³/mol. The molecular formula is C15H21N3O. The lowest BCUT2D eigenvalue weighted by Gasteiger charge is -2.15. The number of hydrogen-bond donors (Lipinski definition) is 0. The normalized spacial score (nSPS) is 11.5. The summed E-state index contributed by atoms with van der Waals surface area (Å²) in [4.78, 5) is 10.9. The molecule has 102 valence electrons. The van der Waals surface area contributed by atoms with Gasteiger partial charge in [0, 0.05) is 30.9 Å². The van der Waals surface area contributed by atoms with Crippen LogP contribution in [0.4, 0.5) is 0 Å². The van der Waals surface area contributed by atoms with Gasteiger partial charge < -0.3 is 4.42 Å². The third kappa shape index (κ3) is 3.89. The first-order valence-electron chi connectivity index (χ1n) is 6.59. The van der Waals surface area contributed by atoms with Crippen LogP contribution in [-0.4, -0.2) is 21.9 Å². The second kappa shape index (κ2) is 5.97. The Kier molecular flexibility index (Phi) is 4.32. The van der Waals surface area contributed by atoms with Crippen LogP contribution in [0, 0.1) is 6.92 Å². The van der Waals surface area contributed by atoms with Gasteiger partial charge in [-0.3, -0.25) is 9.88 Å². The molecule has 0 N–H and O–H groups in total. The van der Waals surface area contributed by atoms with E-state index < -0.39 is 0 Å². The van der Waals surface area contributed by atoms with Gasteiger partial charge in [-0.25, -0.2) is 4.98 Å². The molecule has 0 fully saturated rings. The largest absolute Gasteiger partial charge is 0.448 e. The molecule has 0 saturated carbocycles. The molecule has 0 saturated heterocycles. The van der Waals surface area contributed by atoms with Gasteiger partial charge in [-0.05, 0) is 31.7 Å². The number of rotatable bonds is 5. The number of hydrogen-bond acceptors (Lipinski definition) is 4. The second-order valence-corrected chi connectivity index (χ2v) is 5.31. The maximum Gasteiger partial charge on any atom is 0.196 e. The monoisotopic (exact) mass is 259 g/mol. The van der Waals surface area contributed by atoms with Crippen molar-refractivity contribution in [2.45, 2.75) is 39.8 Å². The van der Waals surface area contributed by atoms with Crippen LogP contribution in [0.5, 0.6) is 0 Å². The van der Waals surface area contributed by atoms with Crippen LogP contribution < -0.4 is 0 Å². The van der Waals surface area contributed by atoms with Crippen molar-refractivity contribution < 1.29 is 4.42 Å². The Morgan fingerprint density at radius 3 is 2.74 bits per heavy atom. The number of nitrogens with zero attached hydrogens (tertiary/aromatic N) is 3. The van der Waals surface area contributed by atoms with Crippen LogP contribution in [0.3, 0.4) is 0 Å². The Bertz CT molecular complexity index is 534. The Morgan fingerprint density at radius 2 is 2.11 bits per heavy atom. The third-order valence-electron chi connectivity index (χ3n) is 2.91. The summed E-state index contributed by atoms with van der Waals surface area (Å²) in [7, 11) is 2.08. The van der Waals surface area contributed by atoms with Crippen molar-refractivity contribution in [3.8, 4) is 0 Å². The van der Waals surface area contributed by atoms with Gasteiger partial charge >= 0.3 is 0 Å². The van der Waals surface area contributed by atoms with Crippen molar-refractivity contribution in [1.29, 1.82) is 0 Å². The summed E-state index contributed by atoms with van der Waals surface area (Å²) >= 11 is 0. The first kappa shape index (κ1) is 13.7. The van der Waals surface area contributed by atoms with E-state index in [1.165, 1.54) is 5.56 Å². The van der Waals surface area contributed by atoms with E-state index in [2.05, 4.69) is 41.8 Å². The van der Waals surface area contributed by atoms with Crippen molar-refractivity contribution in [1.82, 2.24) is 14.9 Å². The zero-order valence-electron chi connectivity index (χ0n) is 12.1. The Balaban J connectivity index is 1.95. The minimum atomic E-state index is 0.335. The lowest BCUT2D eigenvalue weighted by atomic mass is 10.2. The van der Waals surface area contributed by atoms with Crippen LogP contribution in [0.15, 0.2) is 29.0 Å². The first-order chi connectivity index (χ1) is 9.04. The molecule has 0 aliphatic rings. The maximum absolute atomic E-state index is 5.45. The van der Waals surface area contributed by atoms with Crippen LogP contribution in [-0.2, 0) is 13.1 Å². The average Bonchev–Trinajstić information content (AvgIpc) is 2.77. The smallest absolute Gasteiger partial charge is 0.196 e. The van der Waals surface area contributed by atoms with Gasteiger partial charge in [0.25, 0.3) is 0 Å². The predicted octanol–water partition coefficient (Wildman–Crippen LogP) is 3.13. The molecule has 0 aliphatic carbocycles. The fraction of sp³-hybridized carbons (Fsp3) is 0.467. The fourth-order valence-electron chi connectivity index (χ4n) is 2.01. The molecule has 19 heavy (non-hydrogen) atoms. The van der Waals surface area contributed by atoms with E-state index >= 15 is 0 Å². The molecule has 0 atom stereocenters. The van der Waals surface area contributed by atoms with E-state index in [0.29, 0.717) is 5.92 Å². The van der Waals surface area contributed by atoms with Gasteiger partial charge in [0.1, 0.15) is 6.26 Å². The molecule has 4 nitrogen and oxygen atoms in total. The number of aryl methyl sites for hydroxylation is 1. The topological polar surface area (TPSA) is 42.2 Å². The van der Waals surface area contributed by atoms with Crippen LogP contribution in [0.25, 0.3) is 0 Å². The number of pyridine rings is 1. The van der Waals surface area contributed by atoms with Gasteiger partial charge in [0.05, 0.1) is 5.69 Å². The standard InChI is InChI=1S/C15H21N3O/c1-11(2)15-17-14(10-19-15)9-18(4)8-13-5-6-16-12(3)7-13/h5-7,10-11H,8-9H2,1-4H3. The molecule has 0 amide bonds. The number of oxazole rings is 1. The van der Waals surface area contributed by atoms with Crippen LogP contribution >= 0.6 is 0 Å². The van der Waals surface area contributed by atoms with Crippen molar-refractivity contribution in [2.24, 2.45) is 0 Å². The maximum atomic E-state index is 5.45. The average molecular weight is 259 g/mol. The van der Waals surface area contributed by atoms with Crippen molar-refractivity contribution in [3.63, 3.8) is 0 Å². The Labute approximate surface area is 114 Å². The summed E-state index contributed by atoms with van der Waals surface area (Å²) in [5, 5.41) is 0. The van der Waals surface area contributed by atoms with Gasteiger partial charge in [-0.1, -0.05) is 13.8 Å². The molecule has 2 rings (SSSR count). The first-order valence-corrected chi connectivity index (χ1v) is 6.59. The summed E-state index contributed by atoms with van der Waals surface area (Å²) < 4.78 is 5.45. The Morgan fingerprint density at radius 1 is 1.32 bits per heavy atom. The Hall–Kier alpha value is -1.68. The van der Waals surface area contributed by atoms with Gasteiger partial charge in [-0.15, -0.1) is 0 Å². The van der Waals surface area contributed by atoms with E-state index in [4.69, 9.17) is 4.42 Å². The summed E-state index contributed by atoms with van der Waals surface area (Å²) in [5.74, 6) is 1.14. The quantitative estimate of drug-likeness (QED) is 0.827. The summed E-state index contributed by atoms with van der Waals surface area (Å²) in [6, 6.07) is 4.16. The molecule has 0 spiro atoms.